The van der Waals surface area contributed by atoms with E-state index in [2.05, 4.69) is 45.2 Å². The third-order valence-electron chi connectivity index (χ3n) is 5.81. The highest BCUT2D eigenvalue weighted by atomic mass is 35.5. The number of phenolic OH excluding ortho intramolecular Hbond substituents is 1. The monoisotopic (exact) mass is 473 g/mol. The van der Waals surface area contributed by atoms with Crippen LogP contribution in [0.25, 0.3) is 0 Å². The molecule has 0 atom stereocenters. The smallest absolute Gasteiger partial charge is 0.248 e. The molecule has 1 aliphatic rings. The fourth-order valence-corrected chi connectivity index (χ4v) is 4.31. The molecule has 1 aromatic carbocycles. The van der Waals surface area contributed by atoms with Crippen LogP contribution in [0.4, 0.5) is 5.69 Å². The van der Waals surface area contributed by atoms with Gasteiger partial charge >= 0.3 is 0 Å². The van der Waals surface area contributed by atoms with Crippen molar-refractivity contribution in [3.05, 3.63) is 80.4 Å². The number of halogens is 2. The molecule has 0 bridgehead atoms. The van der Waals surface area contributed by atoms with E-state index in [0.717, 1.165) is 11.1 Å². The van der Waals surface area contributed by atoms with Crippen molar-refractivity contribution < 1.29 is 9.90 Å². The van der Waals surface area contributed by atoms with Crippen molar-refractivity contribution >= 4 is 34.8 Å². The molecular weight excluding hydrogens is 441 g/mol. The first-order chi connectivity index (χ1) is 14.9. The number of hydrogen-bond donors (Lipinski definition) is 2. The second kappa shape index (κ2) is 11.1. The van der Waals surface area contributed by atoms with Gasteiger partial charge in [0.15, 0.2) is 5.75 Å². The number of benzene rings is 1. The maximum absolute atomic E-state index is 12.3. The van der Waals surface area contributed by atoms with Crippen LogP contribution in [0.3, 0.4) is 0 Å². The predicted octanol–water partition coefficient (Wildman–Crippen LogP) is 8.48. The quantitative estimate of drug-likeness (QED) is 0.247. The van der Waals surface area contributed by atoms with Crippen LogP contribution in [0.1, 0.15) is 59.4 Å². The van der Waals surface area contributed by atoms with Gasteiger partial charge in [0.2, 0.25) is 5.91 Å². The number of hydrogen-bond acceptors (Lipinski definition) is 2. The molecule has 2 N–H and O–H groups in total. The van der Waals surface area contributed by atoms with Crippen molar-refractivity contribution in [1.29, 1.82) is 0 Å². The van der Waals surface area contributed by atoms with Crippen LogP contribution in [0.5, 0.6) is 5.75 Å². The molecule has 0 spiro atoms. The van der Waals surface area contributed by atoms with E-state index in [-0.39, 0.29) is 27.8 Å². The van der Waals surface area contributed by atoms with E-state index in [1.165, 1.54) is 42.6 Å². The van der Waals surface area contributed by atoms with Gasteiger partial charge in [0.1, 0.15) is 0 Å². The van der Waals surface area contributed by atoms with Gasteiger partial charge in [-0.1, -0.05) is 78.6 Å². The van der Waals surface area contributed by atoms with Gasteiger partial charge in [0, 0.05) is 11.1 Å². The number of rotatable bonds is 6. The van der Waals surface area contributed by atoms with Gasteiger partial charge in [0.25, 0.3) is 0 Å². The zero-order valence-electron chi connectivity index (χ0n) is 19.8. The van der Waals surface area contributed by atoms with E-state index < -0.39 is 0 Å². The van der Waals surface area contributed by atoms with Crippen molar-refractivity contribution in [2.75, 3.05) is 5.32 Å². The molecule has 172 valence electrons. The highest BCUT2D eigenvalue weighted by molar-refractivity contribution is 6.37. The average Bonchev–Trinajstić information content (AvgIpc) is 2.69. The summed E-state index contributed by atoms with van der Waals surface area (Å²) in [5.74, 6) is -0.568. The Hall–Kier alpha value is -2.23. The van der Waals surface area contributed by atoms with Gasteiger partial charge in [0.05, 0.1) is 10.7 Å². The van der Waals surface area contributed by atoms with Crippen LogP contribution in [0.15, 0.2) is 64.8 Å². The summed E-state index contributed by atoms with van der Waals surface area (Å²) >= 11 is 12.1. The number of amides is 1. The lowest BCUT2D eigenvalue weighted by Gasteiger charge is -2.32. The standard InChI is InChI=1S/C27H33Cl2NO2/c1-17(12-13-21-19(3)11-8-14-27(21,5)6)9-7-10-18(2)15-24(31)30-23-16-22(28)20(4)25(29)26(23)32/h7,9-10,12-13,15-16,32H,8,11,14H2,1-6H3,(H,30,31)/b10-7+,13-12+,17-9+,18-15+. The summed E-state index contributed by atoms with van der Waals surface area (Å²) in [7, 11) is 0. The molecule has 5 heteroatoms. The van der Waals surface area contributed by atoms with Crippen molar-refractivity contribution in [1.82, 2.24) is 0 Å². The highest BCUT2D eigenvalue weighted by Gasteiger charge is 2.26. The third kappa shape index (κ3) is 6.88. The molecule has 1 aromatic rings. The normalized spacial score (nSPS) is 17.5. The lowest BCUT2D eigenvalue weighted by Crippen LogP contribution is -2.19. The average molecular weight is 474 g/mol. The largest absolute Gasteiger partial charge is 0.504 e. The van der Waals surface area contributed by atoms with E-state index >= 15 is 0 Å². The number of carbonyl (C=O) groups is 1. The van der Waals surface area contributed by atoms with Gasteiger partial charge in [-0.15, -0.1) is 0 Å². The second-order valence-electron chi connectivity index (χ2n) is 9.11. The molecule has 32 heavy (non-hydrogen) atoms. The molecule has 2 rings (SSSR count). The van der Waals surface area contributed by atoms with E-state index in [1.807, 2.05) is 25.2 Å². The van der Waals surface area contributed by atoms with Gasteiger partial charge in [-0.2, -0.15) is 0 Å². The van der Waals surface area contributed by atoms with E-state index in [4.69, 9.17) is 23.2 Å². The van der Waals surface area contributed by atoms with Crippen molar-refractivity contribution in [2.24, 2.45) is 5.41 Å². The topological polar surface area (TPSA) is 49.3 Å². The van der Waals surface area contributed by atoms with Crippen molar-refractivity contribution in [3.63, 3.8) is 0 Å². The maximum Gasteiger partial charge on any atom is 0.248 e. The van der Waals surface area contributed by atoms with Crippen LogP contribution in [-0.2, 0) is 4.79 Å². The molecule has 0 fully saturated rings. The van der Waals surface area contributed by atoms with Crippen LogP contribution < -0.4 is 5.32 Å². The lowest BCUT2D eigenvalue weighted by atomic mass is 9.72. The SMILES string of the molecule is CC1=C(/C=C/C(C)=C/C=C/C(C)=C/C(=O)Nc2cc(Cl)c(C)c(Cl)c2O)C(C)(C)CCC1. The number of anilines is 1. The molecule has 0 saturated carbocycles. The van der Waals surface area contributed by atoms with Crippen molar-refractivity contribution in [2.45, 2.75) is 60.8 Å². The predicted molar refractivity (Wildman–Crippen MR) is 138 cm³/mol. The number of nitrogens with one attached hydrogen (secondary N) is 1. The summed E-state index contributed by atoms with van der Waals surface area (Å²) in [5.41, 5.74) is 5.79. The molecule has 0 heterocycles. The molecular formula is C27H33Cl2NO2. The number of allylic oxidation sites excluding steroid dienone is 9. The Labute approximate surface area is 202 Å². The van der Waals surface area contributed by atoms with Gasteiger partial charge in [-0.05, 0) is 75.1 Å². The molecule has 3 nitrogen and oxygen atoms in total. The summed E-state index contributed by atoms with van der Waals surface area (Å²) < 4.78 is 0. The fraction of sp³-hybridized carbons (Fsp3) is 0.370. The fourth-order valence-electron chi connectivity index (χ4n) is 3.86. The van der Waals surface area contributed by atoms with Crippen LogP contribution in [0, 0.1) is 12.3 Å². The summed E-state index contributed by atoms with van der Waals surface area (Å²) in [5, 5.41) is 13.2. The number of phenols is 1. The zero-order chi connectivity index (χ0) is 24.1. The highest BCUT2D eigenvalue weighted by Crippen LogP contribution is 2.41. The molecule has 0 aliphatic heterocycles. The first-order valence-corrected chi connectivity index (χ1v) is 11.6. The first kappa shape index (κ1) is 26.0. The Bertz CT molecular complexity index is 1040. The second-order valence-corrected chi connectivity index (χ2v) is 9.89. The number of carbonyl (C=O) groups excluding carboxylic acids is 1. The minimum absolute atomic E-state index is 0.129. The summed E-state index contributed by atoms with van der Waals surface area (Å²) in [6.45, 7) is 12.5. The Morgan fingerprint density at radius 2 is 1.84 bits per heavy atom. The van der Waals surface area contributed by atoms with E-state index in [9.17, 15) is 9.90 Å². The molecule has 1 amide bonds. The molecule has 0 unspecified atom stereocenters. The third-order valence-corrected chi connectivity index (χ3v) is 6.67. The first-order valence-electron chi connectivity index (χ1n) is 10.8. The Morgan fingerprint density at radius 1 is 1.16 bits per heavy atom. The molecule has 0 saturated heterocycles. The summed E-state index contributed by atoms with van der Waals surface area (Å²) in [4.78, 5) is 12.3. The maximum atomic E-state index is 12.3. The summed E-state index contributed by atoms with van der Waals surface area (Å²) in [6, 6.07) is 1.48. The van der Waals surface area contributed by atoms with Crippen molar-refractivity contribution in [3.8, 4) is 5.75 Å². The Balaban J connectivity index is 2.04. The number of aromatic hydroxyl groups is 1. The summed E-state index contributed by atoms with van der Waals surface area (Å²) in [6.07, 6.45) is 15.3. The minimum atomic E-state index is -0.374. The lowest BCUT2D eigenvalue weighted by molar-refractivity contribution is -0.112. The zero-order valence-corrected chi connectivity index (χ0v) is 21.3. The van der Waals surface area contributed by atoms with Crippen LogP contribution in [-0.4, -0.2) is 11.0 Å². The van der Waals surface area contributed by atoms with Crippen LogP contribution in [0.2, 0.25) is 10.0 Å². The Morgan fingerprint density at radius 3 is 2.50 bits per heavy atom. The van der Waals surface area contributed by atoms with Gasteiger partial charge < -0.3 is 10.4 Å². The van der Waals surface area contributed by atoms with Gasteiger partial charge in [-0.3, -0.25) is 4.79 Å². The molecule has 1 aliphatic carbocycles. The molecule has 0 radical (unpaired) electrons. The molecule has 0 aromatic heterocycles. The van der Waals surface area contributed by atoms with Gasteiger partial charge in [-0.25, -0.2) is 0 Å². The van der Waals surface area contributed by atoms with Crippen LogP contribution >= 0.6 is 23.2 Å². The Kier molecular flexibility index (Phi) is 9.00. The van der Waals surface area contributed by atoms with E-state index in [0.29, 0.717) is 10.6 Å². The minimum Gasteiger partial charge on any atom is -0.504 e. The van der Waals surface area contributed by atoms with E-state index in [1.54, 1.807) is 6.92 Å².